The minimum Gasteiger partial charge on any atom is -0.316 e. The Morgan fingerprint density at radius 1 is 1.59 bits per heavy atom. The van der Waals surface area contributed by atoms with Crippen LogP contribution in [-0.4, -0.2) is 33.0 Å². The van der Waals surface area contributed by atoms with Crippen molar-refractivity contribution in [2.24, 2.45) is 5.92 Å². The quantitative estimate of drug-likeness (QED) is 0.632. The van der Waals surface area contributed by atoms with Gasteiger partial charge < -0.3 is 5.32 Å². The Balaban J connectivity index is 2.01. The van der Waals surface area contributed by atoms with E-state index in [9.17, 15) is 14.3 Å². The summed E-state index contributed by atoms with van der Waals surface area (Å²) >= 11 is 0. The van der Waals surface area contributed by atoms with Crippen molar-refractivity contribution in [3.05, 3.63) is 28.4 Å². The van der Waals surface area contributed by atoms with Crippen molar-refractivity contribution in [1.82, 2.24) is 10.3 Å². The van der Waals surface area contributed by atoms with E-state index in [1.54, 1.807) is 0 Å². The molecule has 0 spiro atoms. The predicted octanol–water partition coefficient (Wildman–Crippen LogP) is 0.707. The molecule has 1 fully saturated rings. The maximum atomic E-state index is 11.9. The molecule has 7 heteroatoms. The fourth-order valence-electron chi connectivity index (χ4n) is 1.77. The molecule has 2 rings (SSSR count). The zero-order valence-electron chi connectivity index (χ0n) is 9.17. The zero-order valence-corrected chi connectivity index (χ0v) is 9.98. The topological polar surface area (TPSA) is 85.1 Å². The number of hydrogen-bond donors (Lipinski definition) is 1. The van der Waals surface area contributed by atoms with E-state index in [1.807, 2.05) is 0 Å². The Kier molecular flexibility index (Phi) is 3.80. The third-order valence-electron chi connectivity index (χ3n) is 2.71. The zero-order chi connectivity index (χ0) is 12.3. The first-order chi connectivity index (χ1) is 8.16. The van der Waals surface area contributed by atoms with Crippen molar-refractivity contribution in [3.63, 3.8) is 0 Å². The van der Waals surface area contributed by atoms with Crippen LogP contribution in [0.25, 0.3) is 0 Å². The number of aromatic nitrogens is 1. The predicted molar refractivity (Wildman–Crippen MR) is 63.1 cm³/mol. The summed E-state index contributed by atoms with van der Waals surface area (Å²) in [6, 6.07) is 2.81. The highest BCUT2D eigenvalue weighted by Crippen LogP contribution is 2.15. The van der Waals surface area contributed by atoms with Gasteiger partial charge in [-0.05, 0) is 31.5 Å². The Hall–Kier alpha value is -1.34. The fraction of sp³-hybridized carbons (Fsp3) is 0.500. The summed E-state index contributed by atoms with van der Waals surface area (Å²) in [5.74, 6) is 0.977. The Morgan fingerprint density at radius 3 is 2.94 bits per heavy atom. The lowest BCUT2D eigenvalue weighted by molar-refractivity contribution is -0.385. The van der Waals surface area contributed by atoms with Crippen LogP contribution in [0.2, 0.25) is 0 Å². The van der Waals surface area contributed by atoms with E-state index in [4.69, 9.17) is 0 Å². The van der Waals surface area contributed by atoms with Gasteiger partial charge in [-0.2, -0.15) is 0 Å². The van der Waals surface area contributed by atoms with Crippen molar-refractivity contribution in [2.75, 3.05) is 18.8 Å². The van der Waals surface area contributed by atoms with Gasteiger partial charge in [-0.1, -0.05) is 0 Å². The molecule has 1 N–H and O–H groups in total. The minimum atomic E-state index is -1.17. The second-order valence-corrected chi connectivity index (χ2v) is 5.43. The summed E-state index contributed by atoms with van der Waals surface area (Å²) in [7, 11) is -1.17. The van der Waals surface area contributed by atoms with Gasteiger partial charge in [-0.25, -0.2) is 4.98 Å². The number of rotatable bonds is 4. The second-order valence-electron chi connectivity index (χ2n) is 3.98. The highest BCUT2D eigenvalue weighted by atomic mass is 32.2. The van der Waals surface area contributed by atoms with Crippen molar-refractivity contribution < 1.29 is 9.13 Å². The fourth-order valence-corrected chi connectivity index (χ4v) is 3.04. The van der Waals surface area contributed by atoms with Gasteiger partial charge >= 0.3 is 0 Å². The average molecular weight is 255 g/mol. The molecule has 2 heterocycles. The first-order valence-corrected chi connectivity index (χ1v) is 6.68. The molecule has 0 amide bonds. The number of hydrogen-bond acceptors (Lipinski definition) is 5. The molecule has 1 aliphatic rings. The molecular weight excluding hydrogens is 242 g/mol. The van der Waals surface area contributed by atoms with Gasteiger partial charge in [-0.15, -0.1) is 0 Å². The molecule has 2 atom stereocenters. The SMILES string of the molecule is O=[N+]([O-])c1ccc(S(=O)CC2CCNC2)nc1. The van der Waals surface area contributed by atoms with E-state index >= 15 is 0 Å². The summed E-state index contributed by atoms with van der Waals surface area (Å²) in [6.45, 7) is 1.86. The summed E-state index contributed by atoms with van der Waals surface area (Å²) in [6.07, 6.45) is 2.18. The molecule has 17 heavy (non-hydrogen) atoms. The summed E-state index contributed by atoms with van der Waals surface area (Å²) in [5, 5.41) is 14.1. The van der Waals surface area contributed by atoms with Gasteiger partial charge in [0.15, 0.2) is 0 Å². The van der Waals surface area contributed by atoms with Crippen LogP contribution < -0.4 is 5.32 Å². The van der Waals surface area contributed by atoms with Gasteiger partial charge in [-0.3, -0.25) is 14.3 Å². The summed E-state index contributed by atoms with van der Waals surface area (Å²) in [5.41, 5.74) is -0.0757. The van der Waals surface area contributed by atoms with Crippen LogP contribution in [0.4, 0.5) is 5.69 Å². The lowest BCUT2D eigenvalue weighted by Gasteiger charge is -2.06. The van der Waals surface area contributed by atoms with Gasteiger partial charge in [0.25, 0.3) is 5.69 Å². The smallest absolute Gasteiger partial charge is 0.287 e. The normalized spacial score (nSPS) is 21.3. The van der Waals surface area contributed by atoms with E-state index in [-0.39, 0.29) is 5.69 Å². The van der Waals surface area contributed by atoms with E-state index in [0.29, 0.717) is 16.7 Å². The third kappa shape index (κ3) is 3.07. The number of nitrogens with one attached hydrogen (secondary N) is 1. The highest BCUT2D eigenvalue weighted by molar-refractivity contribution is 7.84. The molecule has 0 radical (unpaired) electrons. The average Bonchev–Trinajstić information content (AvgIpc) is 2.82. The molecule has 1 aliphatic heterocycles. The largest absolute Gasteiger partial charge is 0.316 e. The first kappa shape index (κ1) is 12.1. The number of nitro groups is 1. The molecule has 1 saturated heterocycles. The molecule has 92 valence electrons. The molecule has 0 bridgehead atoms. The van der Waals surface area contributed by atoms with Crippen LogP contribution in [0.5, 0.6) is 0 Å². The third-order valence-corrected chi connectivity index (χ3v) is 4.20. The van der Waals surface area contributed by atoms with Crippen molar-refractivity contribution in [2.45, 2.75) is 11.4 Å². The van der Waals surface area contributed by atoms with Gasteiger partial charge in [0.05, 0.1) is 15.7 Å². The first-order valence-electron chi connectivity index (χ1n) is 5.36. The molecule has 1 aromatic heterocycles. The van der Waals surface area contributed by atoms with Gasteiger partial charge in [0.2, 0.25) is 0 Å². The summed E-state index contributed by atoms with van der Waals surface area (Å²) < 4.78 is 11.9. The second kappa shape index (κ2) is 5.33. The van der Waals surface area contributed by atoms with Gasteiger partial charge in [0, 0.05) is 11.8 Å². The maximum absolute atomic E-state index is 11.9. The van der Waals surface area contributed by atoms with Crippen LogP contribution in [0.1, 0.15) is 6.42 Å². The van der Waals surface area contributed by atoms with Crippen molar-refractivity contribution >= 4 is 16.5 Å². The molecule has 0 aliphatic carbocycles. The minimum absolute atomic E-state index is 0.0757. The number of nitrogens with zero attached hydrogens (tertiary/aromatic N) is 2. The molecule has 1 aromatic rings. The monoisotopic (exact) mass is 255 g/mol. The van der Waals surface area contributed by atoms with Crippen molar-refractivity contribution in [3.8, 4) is 0 Å². The maximum Gasteiger partial charge on any atom is 0.287 e. The van der Waals surface area contributed by atoms with E-state index in [0.717, 1.165) is 25.7 Å². The molecule has 0 aromatic carbocycles. The molecular formula is C10H13N3O3S. The molecule has 6 nitrogen and oxygen atoms in total. The van der Waals surface area contributed by atoms with Crippen LogP contribution in [0.15, 0.2) is 23.4 Å². The van der Waals surface area contributed by atoms with Crippen molar-refractivity contribution in [1.29, 1.82) is 0 Å². The Bertz CT molecular complexity index is 429. The molecule has 2 unspecified atom stereocenters. The van der Waals surface area contributed by atoms with Crippen LogP contribution in [-0.2, 0) is 10.8 Å². The van der Waals surface area contributed by atoms with E-state index < -0.39 is 15.7 Å². The summed E-state index contributed by atoms with van der Waals surface area (Å²) in [4.78, 5) is 13.8. The van der Waals surface area contributed by atoms with Crippen LogP contribution in [0.3, 0.4) is 0 Å². The van der Waals surface area contributed by atoms with E-state index in [2.05, 4.69) is 10.3 Å². The Labute approximate surface area is 101 Å². The van der Waals surface area contributed by atoms with Crippen LogP contribution >= 0.6 is 0 Å². The lowest BCUT2D eigenvalue weighted by atomic mass is 10.2. The number of pyridine rings is 1. The van der Waals surface area contributed by atoms with Crippen LogP contribution in [0, 0.1) is 16.0 Å². The van der Waals surface area contributed by atoms with E-state index in [1.165, 1.54) is 12.1 Å². The standard InChI is InChI=1S/C10H13N3O3S/c14-13(15)9-1-2-10(12-6-9)17(16)7-8-3-4-11-5-8/h1-2,6,8,11H,3-5,7H2. The molecule has 0 saturated carbocycles. The van der Waals surface area contributed by atoms with Gasteiger partial charge in [0.1, 0.15) is 11.2 Å². The highest BCUT2D eigenvalue weighted by Gasteiger charge is 2.19. The Morgan fingerprint density at radius 2 is 2.41 bits per heavy atom. The lowest BCUT2D eigenvalue weighted by Crippen LogP contribution is -2.15.